The molecule has 0 spiro atoms. The van der Waals surface area contributed by atoms with Crippen LogP contribution in [0.15, 0.2) is 47.0 Å². The number of carbonyl (C=O) groups excluding carboxylic acids is 1. The summed E-state index contributed by atoms with van der Waals surface area (Å²) in [6.07, 6.45) is 0.493. The average molecular weight is 392 g/mol. The van der Waals surface area contributed by atoms with E-state index in [1.54, 1.807) is 42.5 Å². The molecule has 6 nitrogen and oxygen atoms in total. The van der Waals surface area contributed by atoms with Crippen LogP contribution < -0.4 is 10.1 Å². The van der Waals surface area contributed by atoms with Gasteiger partial charge in [0, 0.05) is 28.5 Å². The van der Waals surface area contributed by atoms with Crippen LogP contribution in [0.1, 0.15) is 12.3 Å². The quantitative estimate of drug-likeness (QED) is 0.662. The summed E-state index contributed by atoms with van der Waals surface area (Å²) in [7, 11) is 1.52. The zero-order valence-electron chi connectivity index (χ0n) is 13.8. The molecule has 0 saturated heterocycles. The molecule has 2 aromatic carbocycles. The first kappa shape index (κ1) is 18.2. The van der Waals surface area contributed by atoms with Crippen LogP contribution in [0.5, 0.6) is 5.75 Å². The predicted molar refractivity (Wildman–Crippen MR) is 99.7 cm³/mol. The van der Waals surface area contributed by atoms with E-state index in [4.69, 9.17) is 32.5 Å². The van der Waals surface area contributed by atoms with Crippen LogP contribution in [0.3, 0.4) is 0 Å². The topological polar surface area (TPSA) is 77.2 Å². The molecular weight excluding hydrogens is 377 g/mol. The summed E-state index contributed by atoms with van der Waals surface area (Å²) in [5.41, 5.74) is 1.30. The zero-order chi connectivity index (χ0) is 18.5. The van der Waals surface area contributed by atoms with Gasteiger partial charge in [-0.2, -0.15) is 4.98 Å². The number of halogens is 2. The molecule has 1 N–H and O–H groups in total. The zero-order valence-corrected chi connectivity index (χ0v) is 15.3. The molecular formula is C18H15Cl2N3O3. The maximum Gasteiger partial charge on any atom is 0.227 e. The Morgan fingerprint density at radius 1 is 1.15 bits per heavy atom. The second kappa shape index (κ2) is 8.21. The summed E-state index contributed by atoms with van der Waals surface area (Å²) >= 11 is 11.8. The first-order valence-corrected chi connectivity index (χ1v) is 8.52. The number of nitrogens with zero attached hydrogens (tertiary/aromatic N) is 2. The van der Waals surface area contributed by atoms with Crippen molar-refractivity contribution in [3.63, 3.8) is 0 Å². The van der Waals surface area contributed by atoms with E-state index in [0.29, 0.717) is 39.6 Å². The number of methoxy groups -OCH3 is 1. The second-order valence-corrected chi connectivity index (χ2v) is 6.28. The largest absolute Gasteiger partial charge is 0.495 e. The van der Waals surface area contributed by atoms with Crippen molar-refractivity contribution in [1.82, 2.24) is 10.1 Å². The van der Waals surface area contributed by atoms with Crippen molar-refractivity contribution >= 4 is 34.8 Å². The number of carbonyl (C=O) groups is 1. The Balaban J connectivity index is 1.60. The van der Waals surface area contributed by atoms with Gasteiger partial charge in [-0.15, -0.1) is 0 Å². The monoisotopic (exact) mass is 391 g/mol. The maximum atomic E-state index is 12.2. The number of benzene rings is 2. The van der Waals surface area contributed by atoms with Crippen LogP contribution in [-0.2, 0) is 11.2 Å². The van der Waals surface area contributed by atoms with Gasteiger partial charge in [0.15, 0.2) is 0 Å². The molecule has 0 unspecified atom stereocenters. The Hall–Kier alpha value is -2.57. The molecule has 0 radical (unpaired) electrons. The molecule has 0 fully saturated rings. The van der Waals surface area contributed by atoms with Gasteiger partial charge < -0.3 is 14.6 Å². The second-order valence-electron chi connectivity index (χ2n) is 5.41. The summed E-state index contributed by atoms with van der Waals surface area (Å²) in [5.74, 6) is 1.15. The van der Waals surface area contributed by atoms with Gasteiger partial charge in [-0.25, -0.2) is 0 Å². The summed E-state index contributed by atoms with van der Waals surface area (Å²) in [6.45, 7) is 0. The molecule has 26 heavy (non-hydrogen) atoms. The van der Waals surface area contributed by atoms with Gasteiger partial charge >= 0.3 is 0 Å². The van der Waals surface area contributed by atoms with Crippen molar-refractivity contribution in [1.29, 1.82) is 0 Å². The van der Waals surface area contributed by atoms with E-state index in [0.717, 1.165) is 5.56 Å². The lowest BCUT2D eigenvalue weighted by Crippen LogP contribution is -2.13. The highest BCUT2D eigenvalue weighted by molar-refractivity contribution is 6.31. The molecule has 134 valence electrons. The Morgan fingerprint density at radius 2 is 1.88 bits per heavy atom. The molecule has 1 aromatic heterocycles. The van der Waals surface area contributed by atoms with E-state index in [-0.39, 0.29) is 12.3 Å². The number of aryl methyl sites for hydroxylation is 1. The standard InChI is InChI=1S/C18H15Cl2N3O3/c1-25-15-7-6-13(20)10-14(15)21-16(24)8-9-17-22-18(23-26-17)11-2-4-12(19)5-3-11/h2-7,10H,8-9H2,1H3,(H,21,24). The third-order valence-corrected chi connectivity index (χ3v) is 4.06. The fraction of sp³-hybridized carbons (Fsp3) is 0.167. The van der Waals surface area contributed by atoms with Gasteiger partial charge in [0.05, 0.1) is 12.8 Å². The van der Waals surface area contributed by atoms with Crippen LogP contribution in [-0.4, -0.2) is 23.2 Å². The van der Waals surface area contributed by atoms with Crippen molar-refractivity contribution < 1.29 is 14.1 Å². The van der Waals surface area contributed by atoms with Crippen molar-refractivity contribution in [3.8, 4) is 17.1 Å². The van der Waals surface area contributed by atoms with Gasteiger partial charge in [0.1, 0.15) is 5.75 Å². The smallest absolute Gasteiger partial charge is 0.227 e. The van der Waals surface area contributed by atoms with Gasteiger partial charge in [0.25, 0.3) is 0 Å². The SMILES string of the molecule is COc1ccc(Cl)cc1NC(=O)CCc1nc(-c2ccc(Cl)cc2)no1. The molecule has 0 aliphatic carbocycles. The van der Waals surface area contributed by atoms with Crippen LogP contribution >= 0.6 is 23.2 Å². The maximum absolute atomic E-state index is 12.2. The highest BCUT2D eigenvalue weighted by atomic mass is 35.5. The van der Waals surface area contributed by atoms with E-state index >= 15 is 0 Å². The number of anilines is 1. The van der Waals surface area contributed by atoms with Crippen LogP contribution in [0.2, 0.25) is 10.0 Å². The van der Waals surface area contributed by atoms with E-state index in [2.05, 4.69) is 15.5 Å². The minimum absolute atomic E-state index is 0.178. The first-order chi connectivity index (χ1) is 12.5. The molecule has 1 heterocycles. The third kappa shape index (κ3) is 4.53. The van der Waals surface area contributed by atoms with E-state index < -0.39 is 0 Å². The fourth-order valence-corrected chi connectivity index (χ4v) is 2.58. The van der Waals surface area contributed by atoms with Crippen LogP contribution in [0.4, 0.5) is 5.69 Å². The fourth-order valence-electron chi connectivity index (χ4n) is 2.28. The number of ether oxygens (including phenoxy) is 1. The van der Waals surface area contributed by atoms with E-state index in [9.17, 15) is 4.79 Å². The number of hydrogen-bond donors (Lipinski definition) is 1. The number of nitrogens with one attached hydrogen (secondary N) is 1. The lowest BCUT2D eigenvalue weighted by atomic mass is 10.2. The van der Waals surface area contributed by atoms with Crippen LogP contribution in [0.25, 0.3) is 11.4 Å². The third-order valence-electron chi connectivity index (χ3n) is 3.57. The van der Waals surface area contributed by atoms with Gasteiger partial charge in [-0.05, 0) is 42.5 Å². The van der Waals surface area contributed by atoms with Crippen molar-refractivity contribution in [3.05, 3.63) is 58.4 Å². The normalized spacial score (nSPS) is 10.6. The molecule has 3 aromatic rings. The number of hydrogen-bond acceptors (Lipinski definition) is 5. The van der Waals surface area contributed by atoms with Crippen molar-refractivity contribution in [2.24, 2.45) is 0 Å². The Morgan fingerprint density at radius 3 is 2.62 bits per heavy atom. The first-order valence-electron chi connectivity index (χ1n) is 7.77. The lowest BCUT2D eigenvalue weighted by Gasteiger charge is -2.10. The minimum atomic E-state index is -0.211. The molecule has 0 aliphatic rings. The highest BCUT2D eigenvalue weighted by Crippen LogP contribution is 2.27. The summed E-state index contributed by atoms with van der Waals surface area (Å²) < 4.78 is 10.4. The van der Waals surface area contributed by atoms with E-state index in [1.807, 2.05) is 0 Å². The summed E-state index contributed by atoms with van der Waals surface area (Å²) in [4.78, 5) is 16.5. The van der Waals surface area contributed by atoms with Crippen molar-refractivity contribution in [2.45, 2.75) is 12.8 Å². The Kier molecular flexibility index (Phi) is 5.75. The molecule has 1 amide bonds. The van der Waals surface area contributed by atoms with Crippen LogP contribution in [0, 0.1) is 0 Å². The summed E-state index contributed by atoms with van der Waals surface area (Å²) in [5, 5.41) is 7.82. The number of amides is 1. The number of rotatable bonds is 6. The molecule has 8 heteroatoms. The Bertz CT molecular complexity index is 910. The molecule has 0 atom stereocenters. The van der Waals surface area contributed by atoms with Gasteiger partial charge in [0.2, 0.25) is 17.6 Å². The minimum Gasteiger partial charge on any atom is -0.495 e. The molecule has 3 rings (SSSR count). The van der Waals surface area contributed by atoms with Gasteiger partial charge in [-0.3, -0.25) is 4.79 Å². The van der Waals surface area contributed by atoms with E-state index in [1.165, 1.54) is 7.11 Å². The Labute approximate surface area is 160 Å². The van der Waals surface area contributed by atoms with Crippen molar-refractivity contribution in [2.75, 3.05) is 12.4 Å². The average Bonchev–Trinajstić information content (AvgIpc) is 3.10. The number of aromatic nitrogens is 2. The predicted octanol–water partition coefficient (Wildman–Crippen LogP) is 4.62. The lowest BCUT2D eigenvalue weighted by molar-refractivity contribution is -0.116. The molecule has 0 aliphatic heterocycles. The highest BCUT2D eigenvalue weighted by Gasteiger charge is 2.12. The molecule has 0 bridgehead atoms. The molecule has 0 saturated carbocycles. The van der Waals surface area contributed by atoms with Gasteiger partial charge in [-0.1, -0.05) is 28.4 Å². The summed E-state index contributed by atoms with van der Waals surface area (Å²) in [6, 6.07) is 12.1.